The Labute approximate surface area is 203 Å². The highest BCUT2D eigenvalue weighted by Gasteiger charge is 2.64. The normalized spacial score (nSPS) is 36.2. The van der Waals surface area contributed by atoms with E-state index in [1.807, 2.05) is 18.2 Å². The number of esters is 1. The van der Waals surface area contributed by atoms with Gasteiger partial charge in [-0.3, -0.25) is 4.79 Å². The van der Waals surface area contributed by atoms with Crippen molar-refractivity contribution in [1.82, 2.24) is 5.32 Å². The molecule has 34 heavy (non-hydrogen) atoms. The smallest absolute Gasteiger partial charge is 0.331 e. The van der Waals surface area contributed by atoms with Crippen molar-refractivity contribution < 1.29 is 19.4 Å². The minimum absolute atomic E-state index is 0.0697. The number of hydrogen-bond donors (Lipinski definition) is 2. The van der Waals surface area contributed by atoms with Crippen LogP contribution < -0.4 is 5.32 Å². The molecule has 1 fully saturated rings. The van der Waals surface area contributed by atoms with Crippen LogP contribution in [0.15, 0.2) is 60.2 Å². The summed E-state index contributed by atoms with van der Waals surface area (Å²) < 4.78 is 6.18. The van der Waals surface area contributed by atoms with Gasteiger partial charge >= 0.3 is 5.97 Å². The van der Waals surface area contributed by atoms with Crippen LogP contribution in [-0.2, 0) is 20.7 Å². The molecule has 3 aliphatic rings. The van der Waals surface area contributed by atoms with Crippen molar-refractivity contribution in [2.45, 2.75) is 70.9 Å². The van der Waals surface area contributed by atoms with E-state index in [1.54, 1.807) is 12.1 Å². The maximum Gasteiger partial charge on any atom is 0.331 e. The summed E-state index contributed by atoms with van der Waals surface area (Å²) in [6, 6.07) is 6.90. The second kappa shape index (κ2) is 10.2. The Morgan fingerprint density at radius 2 is 1.88 bits per heavy atom. The lowest BCUT2D eigenvalue weighted by molar-refractivity contribution is -0.172. The molecule has 2 N–H and O–H groups in total. The Morgan fingerprint density at radius 3 is 2.65 bits per heavy atom. The molecule has 2 aliphatic heterocycles. The van der Waals surface area contributed by atoms with E-state index in [4.69, 9.17) is 4.74 Å². The van der Waals surface area contributed by atoms with Crippen molar-refractivity contribution in [3.63, 3.8) is 0 Å². The van der Waals surface area contributed by atoms with Gasteiger partial charge in [0.1, 0.15) is 5.75 Å². The monoisotopic (exact) mass is 463 g/mol. The lowest BCUT2D eigenvalue weighted by Gasteiger charge is -2.44. The molecule has 1 spiro atoms. The second-order valence-electron chi connectivity index (χ2n) is 10.4. The molecule has 1 aromatic rings. The first-order chi connectivity index (χ1) is 16.3. The van der Waals surface area contributed by atoms with E-state index in [1.165, 1.54) is 11.6 Å². The van der Waals surface area contributed by atoms with Gasteiger partial charge in [0.15, 0.2) is 0 Å². The first kappa shape index (κ1) is 24.3. The molecular formula is C29H37NO4. The average Bonchev–Trinajstić information content (AvgIpc) is 3.07. The average molecular weight is 464 g/mol. The van der Waals surface area contributed by atoms with Crippen molar-refractivity contribution in [2.75, 3.05) is 0 Å². The fraction of sp³-hybridized carbons (Fsp3) is 0.517. The molecule has 0 aromatic heterocycles. The van der Waals surface area contributed by atoms with Crippen LogP contribution in [0.5, 0.6) is 5.75 Å². The predicted molar refractivity (Wildman–Crippen MR) is 133 cm³/mol. The van der Waals surface area contributed by atoms with Gasteiger partial charge in [0.25, 0.3) is 5.91 Å². The highest BCUT2D eigenvalue weighted by Crippen LogP contribution is 2.50. The number of amides is 1. The summed E-state index contributed by atoms with van der Waals surface area (Å²) >= 11 is 0. The zero-order valence-electron chi connectivity index (χ0n) is 20.5. The van der Waals surface area contributed by atoms with Gasteiger partial charge in [0.2, 0.25) is 5.60 Å². The summed E-state index contributed by atoms with van der Waals surface area (Å²) in [5.41, 5.74) is 0.960. The van der Waals surface area contributed by atoms with Gasteiger partial charge < -0.3 is 15.2 Å². The minimum Gasteiger partial charge on any atom is -0.508 e. The van der Waals surface area contributed by atoms with E-state index >= 15 is 0 Å². The molecule has 182 valence electrons. The Morgan fingerprint density at radius 1 is 1.12 bits per heavy atom. The maximum atomic E-state index is 13.7. The quantitative estimate of drug-likeness (QED) is 0.464. The largest absolute Gasteiger partial charge is 0.508 e. The molecule has 6 atom stereocenters. The third kappa shape index (κ3) is 4.84. The third-order valence-electron chi connectivity index (χ3n) is 7.91. The van der Waals surface area contributed by atoms with Crippen molar-refractivity contribution in [3.05, 3.63) is 65.8 Å². The van der Waals surface area contributed by atoms with Crippen LogP contribution in [-0.4, -0.2) is 28.6 Å². The lowest BCUT2D eigenvalue weighted by Crippen LogP contribution is -2.56. The van der Waals surface area contributed by atoms with Crippen molar-refractivity contribution in [2.24, 2.45) is 23.7 Å². The number of carbonyl (C=O) groups excluding carboxylic acids is 2. The van der Waals surface area contributed by atoms with Gasteiger partial charge in [-0.1, -0.05) is 68.7 Å². The Kier molecular flexibility index (Phi) is 7.30. The summed E-state index contributed by atoms with van der Waals surface area (Å²) in [5, 5.41) is 12.9. The third-order valence-corrected chi connectivity index (χ3v) is 7.91. The first-order valence-electron chi connectivity index (χ1n) is 12.6. The summed E-state index contributed by atoms with van der Waals surface area (Å²) in [4.78, 5) is 26.7. The van der Waals surface area contributed by atoms with Crippen LogP contribution in [0.1, 0.15) is 58.4 Å². The number of carbonyl (C=O) groups is 2. The van der Waals surface area contributed by atoms with Crippen LogP contribution in [0.4, 0.5) is 0 Å². The minimum atomic E-state index is -1.27. The zero-order valence-corrected chi connectivity index (χ0v) is 20.5. The molecule has 1 aliphatic carbocycles. The number of benzene rings is 1. The van der Waals surface area contributed by atoms with Gasteiger partial charge in [0, 0.05) is 24.0 Å². The fourth-order valence-electron chi connectivity index (χ4n) is 5.91. The Bertz CT molecular complexity index is 992. The molecule has 2 heterocycles. The summed E-state index contributed by atoms with van der Waals surface area (Å²) in [5.74, 6) is -0.318. The molecule has 0 saturated carbocycles. The van der Waals surface area contributed by atoms with E-state index in [-0.39, 0.29) is 35.5 Å². The lowest BCUT2D eigenvalue weighted by atomic mass is 9.63. The molecule has 1 saturated heterocycles. The molecule has 3 unspecified atom stereocenters. The SMILES string of the molecule is CC1=CC2/C=C/C[C@H](C)CCCC/C=C/C(=O)O[C@]23C(=O)N[C@@H](Cc2ccc(O)cc2)C3C1C. The standard InChI is InChI=1S/C29H37NO4/c1-19-9-6-4-5-7-12-26(32)34-29-23(11-8-10-19)17-20(2)21(3)27(29)25(30-28(29)33)18-22-13-15-24(31)16-14-22/h7-8,11-17,19,21,23,25,27,31H,4-6,9-10,18H2,1-3H3,(H,30,33)/b11-8+,12-7+/t19-,21?,23?,25+,27?,29-/m1/s1. The van der Waals surface area contributed by atoms with Gasteiger partial charge in [-0.05, 0) is 62.1 Å². The maximum absolute atomic E-state index is 13.7. The number of hydrogen-bond acceptors (Lipinski definition) is 4. The van der Waals surface area contributed by atoms with Crippen molar-refractivity contribution in [1.29, 1.82) is 0 Å². The predicted octanol–water partition coefficient (Wildman–Crippen LogP) is 5.26. The zero-order chi connectivity index (χ0) is 24.3. The van der Waals surface area contributed by atoms with Gasteiger partial charge in [-0.25, -0.2) is 4.79 Å². The van der Waals surface area contributed by atoms with E-state index < -0.39 is 11.6 Å². The molecular weight excluding hydrogens is 426 g/mol. The highest BCUT2D eigenvalue weighted by molar-refractivity contribution is 5.94. The van der Waals surface area contributed by atoms with Crippen molar-refractivity contribution >= 4 is 11.9 Å². The van der Waals surface area contributed by atoms with Crippen molar-refractivity contribution in [3.8, 4) is 5.75 Å². The van der Waals surface area contributed by atoms with Crippen LogP contribution in [0.3, 0.4) is 0 Å². The number of allylic oxidation sites excluding steroid dienone is 3. The summed E-state index contributed by atoms with van der Waals surface area (Å²) in [6.45, 7) is 6.50. The summed E-state index contributed by atoms with van der Waals surface area (Å²) in [7, 11) is 0. The molecule has 4 rings (SSSR count). The van der Waals surface area contributed by atoms with E-state index in [0.29, 0.717) is 12.3 Å². The molecule has 5 nitrogen and oxygen atoms in total. The number of nitrogens with one attached hydrogen (secondary N) is 1. The van der Waals surface area contributed by atoms with Crippen LogP contribution >= 0.6 is 0 Å². The second-order valence-corrected chi connectivity index (χ2v) is 10.4. The topological polar surface area (TPSA) is 75.6 Å². The van der Waals surface area contributed by atoms with Crippen LogP contribution in [0, 0.1) is 23.7 Å². The molecule has 0 bridgehead atoms. The van der Waals surface area contributed by atoms with Gasteiger partial charge in [-0.2, -0.15) is 0 Å². The highest BCUT2D eigenvalue weighted by atomic mass is 16.6. The molecule has 1 amide bonds. The molecule has 0 radical (unpaired) electrons. The number of ether oxygens (including phenoxy) is 1. The van der Waals surface area contributed by atoms with E-state index in [0.717, 1.165) is 37.7 Å². The number of rotatable bonds is 2. The number of phenols is 1. The van der Waals surface area contributed by atoms with Crippen LogP contribution in [0.25, 0.3) is 0 Å². The van der Waals surface area contributed by atoms with Gasteiger partial charge in [0.05, 0.1) is 0 Å². The number of aromatic hydroxyl groups is 1. The Balaban J connectivity index is 1.74. The number of phenolic OH excluding ortho intramolecular Hbond substituents is 1. The Hall–Kier alpha value is -2.82. The first-order valence-corrected chi connectivity index (χ1v) is 12.6. The fourth-order valence-corrected chi connectivity index (χ4v) is 5.91. The molecule has 5 heteroatoms. The molecule has 1 aromatic carbocycles. The van der Waals surface area contributed by atoms with E-state index in [2.05, 4.69) is 44.3 Å². The van der Waals surface area contributed by atoms with E-state index in [9.17, 15) is 14.7 Å². The summed E-state index contributed by atoms with van der Waals surface area (Å²) in [6.07, 6.45) is 15.5. The van der Waals surface area contributed by atoms with Gasteiger partial charge in [-0.15, -0.1) is 0 Å². The van der Waals surface area contributed by atoms with Crippen LogP contribution in [0.2, 0.25) is 0 Å².